The first-order valence-electron chi connectivity index (χ1n) is 20.8. The molecule has 2 aliphatic heterocycles. The number of aliphatic carboxylic acids is 2. The van der Waals surface area contributed by atoms with Gasteiger partial charge in [0.05, 0.1) is 18.1 Å². The molecule has 2 saturated heterocycles. The van der Waals surface area contributed by atoms with Gasteiger partial charge in [-0.05, 0) is 116 Å². The molecule has 0 spiro atoms. The van der Waals surface area contributed by atoms with Crippen molar-refractivity contribution in [2.24, 2.45) is 50.2 Å². The van der Waals surface area contributed by atoms with Gasteiger partial charge in [-0.15, -0.1) is 0 Å². The van der Waals surface area contributed by atoms with E-state index in [0.29, 0.717) is 25.2 Å². The summed E-state index contributed by atoms with van der Waals surface area (Å²) in [5, 5.41) is 83.3. The number of carboxylic acid groups (broad SMARTS) is 2. The Morgan fingerprint density at radius 3 is 2.07 bits per heavy atom. The lowest BCUT2D eigenvalue weighted by atomic mass is 9.33. The SMILES string of the molecule is CC1(C)[C@@H](O[C@@H]2O[C@H](CO)[C@@H](O)[C@H](O)[C@H]2O[C@@H]2O[C@H](C(=O)O)[C@@H](O)[C@H](O)[C@H]2O)CC[C@]2(C)[C@H]3CC=C4[C@@H]5C[C@@](C)(C(=O)O)CC[C@]5(C)CC[C@@]4(C)[C@]3(C)CC[C@@H]12. The second-order valence-corrected chi connectivity index (χ2v) is 20.6. The van der Waals surface area contributed by atoms with Crippen LogP contribution in [0.4, 0.5) is 0 Å². The molecule has 0 aromatic carbocycles. The molecule has 56 heavy (non-hydrogen) atoms. The second kappa shape index (κ2) is 14.2. The van der Waals surface area contributed by atoms with Gasteiger partial charge in [0.15, 0.2) is 18.7 Å². The first-order valence-corrected chi connectivity index (χ1v) is 20.8. The fourth-order valence-electron chi connectivity index (χ4n) is 13.6. The van der Waals surface area contributed by atoms with Gasteiger partial charge in [-0.2, -0.15) is 0 Å². The quantitative estimate of drug-likeness (QED) is 0.137. The molecule has 7 aliphatic rings. The van der Waals surface area contributed by atoms with Crippen LogP contribution in [0.25, 0.3) is 0 Å². The van der Waals surface area contributed by atoms with E-state index < -0.39 is 96.9 Å². The lowest BCUT2D eigenvalue weighted by Crippen LogP contribution is -2.67. The van der Waals surface area contributed by atoms with E-state index in [2.05, 4.69) is 47.6 Å². The molecule has 0 radical (unpaired) electrons. The molecule has 8 N–H and O–H groups in total. The molecule has 5 aliphatic carbocycles. The Bertz CT molecular complexity index is 1570. The van der Waals surface area contributed by atoms with Crippen LogP contribution in [-0.2, 0) is 28.5 Å². The zero-order chi connectivity index (χ0) is 41.1. The number of hydrogen-bond acceptors (Lipinski definition) is 12. The van der Waals surface area contributed by atoms with Crippen molar-refractivity contribution < 1.29 is 69.4 Å². The van der Waals surface area contributed by atoms with E-state index in [9.17, 15) is 50.4 Å². The monoisotopic (exact) mass is 794 g/mol. The first kappa shape index (κ1) is 42.4. The summed E-state index contributed by atoms with van der Waals surface area (Å²) in [6.07, 6.45) is -6.20. The van der Waals surface area contributed by atoms with Crippen LogP contribution in [-0.4, -0.2) is 127 Å². The number of ether oxygens (including phenoxy) is 4. The number of hydrogen-bond donors (Lipinski definition) is 8. The maximum Gasteiger partial charge on any atom is 0.335 e. The van der Waals surface area contributed by atoms with E-state index >= 15 is 0 Å². The number of rotatable bonds is 7. The van der Waals surface area contributed by atoms with Crippen LogP contribution in [0.15, 0.2) is 11.6 Å². The highest BCUT2D eigenvalue weighted by atomic mass is 16.8. The number of aliphatic hydroxyl groups is 6. The molecular weight excluding hydrogens is 728 g/mol. The van der Waals surface area contributed by atoms with Crippen LogP contribution in [0.5, 0.6) is 0 Å². The lowest BCUT2D eigenvalue weighted by Gasteiger charge is -2.71. The van der Waals surface area contributed by atoms with Gasteiger partial charge in [0.25, 0.3) is 0 Å². The molecule has 19 atom stereocenters. The Hall–Kier alpha value is -1.72. The van der Waals surface area contributed by atoms with Crippen molar-refractivity contribution in [2.75, 3.05) is 6.61 Å². The molecule has 0 unspecified atom stereocenters. The Labute approximate surface area is 329 Å². The summed E-state index contributed by atoms with van der Waals surface area (Å²) in [4.78, 5) is 24.3. The van der Waals surface area contributed by atoms with Gasteiger partial charge >= 0.3 is 11.9 Å². The number of allylic oxidation sites excluding steroid dienone is 2. The van der Waals surface area contributed by atoms with Crippen LogP contribution in [0, 0.1) is 50.2 Å². The van der Waals surface area contributed by atoms with Gasteiger partial charge in [0.2, 0.25) is 0 Å². The summed E-state index contributed by atoms with van der Waals surface area (Å²) in [6.45, 7) is 15.4. The van der Waals surface area contributed by atoms with Crippen molar-refractivity contribution in [1.82, 2.24) is 0 Å². The van der Waals surface area contributed by atoms with Crippen molar-refractivity contribution in [3.8, 4) is 0 Å². The highest BCUT2D eigenvalue weighted by Crippen LogP contribution is 2.76. The maximum absolute atomic E-state index is 12.5. The summed E-state index contributed by atoms with van der Waals surface area (Å²) >= 11 is 0. The topological polar surface area (TPSA) is 233 Å². The Balaban J connectivity index is 1.14. The zero-order valence-electron chi connectivity index (χ0n) is 34.0. The van der Waals surface area contributed by atoms with Crippen LogP contribution >= 0.6 is 0 Å². The average molecular weight is 795 g/mol. The van der Waals surface area contributed by atoms with Crippen LogP contribution in [0.1, 0.15) is 113 Å². The molecule has 0 amide bonds. The van der Waals surface area contributed by atoms with Crippen molar-refractivity contribution in [2.45, 2.75) is 180 Å². The van der Waals surface area contributed by atoms with E-state index in [4.69, 9.17) is 18.9 Å². The molecule has 6 fully saturated rings. The minimum absolute atomic E-state index is 0.00267. The molecule has 7 rings (SSSR count). The van der Waals surface area contributed by atoms with Gasteiger partial charge in [0.1, 0.15) is 42.7 Å². The smallest absolute Gasteiger partial charge is 0.335 e. The van der Waals surface area contributed by atoms with Gasteiger partial charge < -0.3 is 59.8 Å². The van der Waals surface area contributed by atoms with E-state index in [1.54, 1.807) is 0 Å². The molecule has 0 aromatic rings. The molecule has 2 heterocycles. The fraction of sp³-hybridized carbons (Fsp3) is 0.905. The van der Waals surface area contributed by atoms with Crippen molar-refractivity contribution in [1.29, 1.82) is 0 Å². The van der Waals surface area contributed by atoms with Gasteiger partial charge in [-0.3, -0.25) is 4.79 Å². The minimum Gasteiger partial charge on any atom is -0.481 e. The summed E-state index contributed by atoms with van der Waals surface area (Å²) < 4.78 is 24.0. The van der Waals surface area contributed by atoms with Crippen molar-refractivity contribution in [3.05, 3.63) is 11.6 Å². The molecule has 14 heteroatoms. The highest BCUT2D eigenvalue weighted by Gasteiger charge is 2.69. The molecular formula is C42H66O14. The third-order valence-electron chi connectivity index (χ3n) is 17.5. The molecule has 0 bridgehead atoms. The average Bonchev–Trinajstić information content (AvgIpc) is 3.13. The van der Waals surface area contributed by atoms with Gasteiger partial charge in [-0.25, -0.2) is 4.79 Å². The van der Waals surface area contributed by atoms with Crippen LogP contribution < -0.4 is 0 Å². The number of carboxylic acids is 2. The Kier molecular flexibility index (Phi) is 10.8. The highest BCUT2D eigenvalue weighted by molar-refractivity contribution is 5.74. The predicted octanol–water partition coefficient (Wildman–Crippen LogP) is 2.97. The summed E-state index contributed by atoms with van der Waals surface area (Å²) in [5.74, 6) is -1.47. The van der Waals surface area contributed by atoms with E-state index in [0.717, 1.165) is 44.9 Å². The minimum atomic E-state index is -1.95. The zero-order valence-corrected chi connectivity index (χ0v) is 34.0. The Morgan fingerprint density at radius 1 is 0.750 bits per heavy atom. The standard InChI is InChI=1S/C42H66O14/c1-37(2)23-10-13-42(7)24(9-8-20-21-18-39(4,36(51)52)15-14-38(21,3)16-17-41(20,42)6)40(23,5)12-11-25(37)54-35-32(28(46)26(44)22(19-43)53-35)56-34-30(48)27(45)29(47)31(55-34)33(49)50/h8,21-32,34-35,43-48H,9-19H2,1-7H3,(H,49,50)(H,51,52)/t21-,22+,23-,24+,25-,26+,27-,28-,29-,30+,31-,32+,34-,35-,38+,39-,40-,41+,42+/m0/s1. The first-order chi connectivity index (χ1) is 26.0. The van der Waals surface area contributed by atoms with E-state index in [1.165, 1.54) is 5.57 Å². The fourth-order valence-corrected chi connectivity index (χ4v) is 13.6. The lowest BCUT2D eigenvalue weighted by molar-refractivity contribution is -0.375. The van der Waals surface area contributed by atoms with Crippen LogP contribution in [0.3, 0.4) is 0 Å². The number of aliphatic hydroxyl groups excluding tert-OH is 6. The number of fused-ring (bicyclic) bond motifs is 7. The third kappa shape index (κ3) is 6.17. The van der Waals surface area contributed by atoms with Crippen molar-refractivity contribution in [3.63, 3.8) is 0 Å². The summed E-state index contributed by atoms with van der Waals surface area (Å²) in [5.41, 5.74) is 0.294. The van der Waals surface area contributed by atoms with E-state index in [1.807, 2.05) is 6.92 Å². The molecule has 318 valence electrons. The normalized spacial score (nSPS) is 54.1. The predicted molar refractivity (Wildman–Crippen MR) is 198 cm³/mol. The summed E-state index contributed by atoms with van der Waals surface area (Å²) in [7, 11) is 0. The van der Waals surface area contributed by atoms with E-state index in [-0.39, 0.29) is 33.5 Å². The van der Waals surface area contributed by atoms with Crippen LogP contribution in [0.2, 0.25) is 0 Å². The Morgan fingerprint density at radius 2 is 1.43 bits per heavy atom. The largest absolute Gasteiger partial charge is 0.481 e. The molecule has 4 saturated carbocycles. The third-order valence-corrected chi connectivity index (χ3v) is 17.5. The maximum atomic E-state index is 12.5. The molecule has 14 nitrogen and oxygen atoms in total. The van der Waals surface area contributed by atoms with Gasteiger partial charge in [-0.1, -0.05) is 53.2 Å². The molecule has 0 aromatic heterocycles. The number of carbonyl (C=O) groups is 2. The second-order valence-electron chi connectivity index (χ2n) is 20.6. The van der Waals surface area contributed by atoms with Crippen molar-refractivity contribution >= 4 is 11.9 Å². The summed E-state index contributed by atoms with van der Waals surface area (Å²) in [6, 6.07) is 0. The van der Waals surface area contributed by atoms with Gasteiger partial charge in [0, 0.05) is 0 Å².